The second-order valence-electron chi connectivity index (χ2n) is 6.07. The van der Waals surface area contributed by atoms with Crippen molar-refractivity contribution in [3.63, 3.8) is 0 Å². The second kappa shape index (κ2) is 5.19. The van der Waals surface area contributed by atoms with E-state index in [1.165, 1.54) is 16.2 Å². The minimum absolute atomic E-state index is 0.102. The Morgan fingerprint density at radius 3 is 3.00 bits per heavy atom. The number of hydrogen-bond acceptors (Lipinski definition) is 5. The number of aromatic nitrogens is 1. The molecule has 4 heterocycles. The standard InChI is InChI=1S/C15H17N3OS2/c19-14(13-7-20-11-16-13)18-4-3-15(10-18)8-17(9-15)6-12-2-1-5-21-12/h1-2,5,7,11H,3-4,6,8-10H2. The third kappa shape index (κ3) is 2.52. The van der Waals surface area contributed by atoms with Gasteiger partial charge in [0.2, 0.25) is 0 Å². The zero-order valence-electron chi connectivity index (χ0n) is 11.7. The lowest BCUT2D eigenvalue weighted by molar-refractivity contribution is 0.00326. The van der Waals surface area contributed by atoms with Crippen LogP contribution in [0.15, 0.2) is 28.4 Å². The van der Waals surface area contributed by atoms with Crippen molar-refractivity contribution < 1.29 is 4.79 Å². The molecule has 0 aromatic carbocycles. The molecule has 0 atom stereocenters. The van der Waals surface area contributed by atoms with Gasteiger partial charge in [0.05, 0.1) is 5.51 Å². The molecule has 0 bridgehead atoms. The van der Waals surface area contributed by atoms with Crippen LogP contribution in [-0.2, 0) is 6.54 Å². The van der Waals surface area contributed by atoms with Crippen LogP contribution in [0.5, 0.6) is 0 Å². The van der Waals surface area contributed by atoms with E-state index in [0.717, 1.165) is 39.1 Å². The summed E-state index contributed by atoms with van der Waals surface area (Å²) in [6.07, 6.45) is 1.13. The van der Waals surface area contributed by atoms with Crippen molar-refractivity contribution >= 4 is 28.6 Å². The largest absolute Gasteiger partial charge is 0.337 e. The van der Waals surface area contributed by atoms with Gasteiger partial charge in [0, 0.05) is 48.4 Å². The first-order chi connectivity index (χ1) is 10.2. The Morgan fingerprint density at radius 2 is 2.29 bits per heavy atom. The topological polar surface area (TPSA) is 36.4 Å². The molecule has 0 unspecified atom stereocenters. The van der Waals surface area contributed by atoms with Gasteiger partial charge in [-0.15, -0.1) is 22.7 Å². The molecule has 2 fully saturated rings. The highest BCUT2D eigenvalue weighted by atomic mass is 32.1. The van der Waals surface area contributed by atoms with Crippen molar-refractivity contribution in [2.45, 2.75) is 13.0 Å². The molecule has 0 aliphatic carbocycles. The van der Waals surface area contributed by atoms with Crippen LogP contribution in [0.25, 0.3) is 0 Å². The number of rotatable bonds is 3. The Morgan fingerprint density at radius 1 is 1.38 bits per heavy atom. The number of likely N-dealkylation sites (tertiary alicyclic amines) is 2. The van der Waals surface area contributed by atoms with Crippen LogP contribution >= 0.6 is 22.7 Å². The average Bonchev–Trinajstić information content (AvgIpc) is 3.19. The molecule has 2 aromatic rings. The molecule has 2 saturated heterocycles. The van der Waals surface area contributed by atoms with E-state index in [1.54, 1.807) is 5.51 Å². The number of hydrogen-bond donors (Lipinski definition) is 0. The average molecular weight is 319 g/mol. The summed E-state index contributed by atoms with van der Waals surface area (Å²) >= 11 is 3.31. The zero-order chi connectivity index (χ0) is 14.3. The van der Waals surface area contributed by atoms with Gasteiger partial charge in [-0.2, -0.15) is 0 Å². The van der Waals surface area contributed by atoms with Gasteiger partial charge in [-0.25, -0.2) is 4.98 Å². The fraction of sp³-hybridized carbons (Fsp3) is 0.467. The Hall–Kier alpha value is -1.24. The Kier molecular flexibility index (Phi) is 3.32. The fourth-order valence-corrected chi connectivity index (χ4v) is 4.76. The van der Waals surface area contributed by atoms with Gasteiger partial charge in [0.15, 0.2) is 0 Å². The maximum Gasteiger partial charge on any atom is 0.273 e. The quantitative estimate of drug-likeness (QED) is 0.872. The van der Waals surface area contributed by atoms with Crippen LogP contribution in [-0.4, -0.2) is 46.9 Å². The number of thiazole rings is 1. The lowest BCUT2D eigenvalue weighted by Gasteiger charge is -2.48. The molecule has 4 rings (SSSR count). The van der Waals surface area contributed by atoms with Crippen LogP contribution in [0, 0.1) is 5.41 Å². The number of thiophene rings is 1. The molecule has 2 aromatic heterocycles. The van der Waals surface area contributed by atoms with Crippen molar-refractivity contribution in [3.05, 3.63) is 39.0 Å². The Bertz CT molecular complexity index is 617. The summed E-state index contributed by atoms with van der Waals surface area (Å²) in [5.41, 5.74) is 2.67. The van der Waals surface area contributed by atoms with Gasteiger partial charge in [0.1, 0.15) is 5.69 Å². The van der Waals surface area contributed by atoms with E-state index in [2.05, 4.69) is 27.4 Å². The van der Waals surface area contributed by atoms with Crippen molar-refractivity contribution in [1.82, 2.24) is 14.8 Å². The fourth-order valence-electron chi connectivity index (χ4n) is 3.48. The first kappa shape index (κ1) is 13.4. The van der Waals surface area contributed by atoms with E-state index in [1.807, 2.05) is 21.6 Å². The minimum Gasteiger partial charge on any atom is -0.337 e. The van der Waals surface area contributed by atoms with Crippen molar-refractivity contribution in [2.24, 2.45) is 5.41 Å². The number of carbonyl (C=O) groups is 1. The number of nitrogens with zero attached hydrogens (tertiary/aromatic N) is 3. The summed E-state index contributed by atoms with van der Waals surface area (Å²) in [7, 11) is 0. The minimum atomic E-state index is 0.102. The third-order valence-corrected chi connectivity index (χ3v) is 5.90. The van der Waals surface area contributed by atoms with Crippen LogP contribution in [0.4, 0.5) is 0 Å². The molecule has 21 heavy (non-hydrogen) atoms. The smallest absolute Gasteiger partial charge is 0.273 e. The van der Waals surface area contributed by atoms with Crippen molar-refractivity contribution in [3.8, 4) is 0 Å². The molecule has 0 saturated carbocycles. The van der Waals surface area contributed by atoms with E-state index in [-0.39, 0.29) is 5.91 Å². The molecule has 1 spiro atoms. The predicted octanol–water partition coefficient (Wildman–Crippen LogP) is 2.55. The van der Waals surface area contributed by atoms with Crippen LogP contribution in [0.3, 0.4) is 0 Å². The highest BCUT2D eigenvalue weighted by molar-refractivity contribution is 7.09. The van der Waals surface area contributed by atoms with E-state index in [9.17, 15) is 4.79 Å². The normalized spacial score (nSPS) is 20.9. The molecule has 110 valence electrons. The summed E-state index contributed by atoms with van der Waals surface area (Å²) in [5.74, 6) is 0.102. The zero-order valence-corrected chi connectivity index (χ0v) is 13.3. The molecular formula is C15H17N3OS2. The highest BCUT2D eigenvalue weighted by Crippen LogP contribution is 2.40. The highest BCUT2D eigenvalue weighted by Gasteiger charge is 2.48. The van der Waals surface area contributed by atoms with Crippen molar-refractivity contribution in [2.75, 3.05) is 26.2 Å². The summed E-state index contributed by atoms with van der Waals surface area (Å²) in [4.78, 5) is 22.4. The maximum absolute atomic E-state index is 12.3. The molecule has 0 radical (unpaired) electrons. The van der Waals surface area contributed by atoms with Gasteiger partial charge in [-0.3, -0.25) is 9.69 Å². The first-order valence-electron chi connectivity index (χ1n) is 7.16. The molecule has 2 aliphatic heterocycles. The van der Waals surface area contributed by atoms with Gasteiger partial charge < -0.3 is 4.90 Å². The van der Waals surface area contributed by atoms with Gasteiger partial charge in [-0.1, -0.05) is 6.07 Å². The third-order valence-electron chi connectivity index (χ3n) is 4.45. The lowest BCUT2D eigenvalue weighted by atomic mass is 9.79. The van der Waals surface area contributed by atoms with E-state index >= 15 is 0 Å². The predicted molar refractivity (Wildman–Crippen MR) is 84.7 cm³/mol. The summed E-state index contributed by atoms with van der Waals surface area (Å²) in [6, 6.07) is 4.31. The number of carbonyl (C=O) groups excluding carboxylic acids is 1. The van der Waals surface area contributed by atoms with Gasteiger partial charge in [0.25, 0.3) is 5.91 Å². The molecule has 2 aliphatic rings. The van der Waals surface area contributed by atoms with E-state index in [4.69, 9.17) is 0 Å². The van der Waals surface area contributed by atoms with E-state index < -0.39 is 0 Å². The summed E-state index contributed by atoms with van der Waals surface area (Å²) in [5, 5.41) is 3.98. The monoisotopic (exact) mass is 319 g/mol. The molecule has 6 heteroatoms. The maximum atomic E-state index is 12.3. The van der Waals surface area contributed by atoms with E-state index in [0.29, 0.717) is 11.1 Å². The second-order valence-corrected chi connectivity index (χ2v) is 7.83. The van der Waals surface area contributed by atoms with Gasteiger partial charge in [-0.05, 0) is 17.9 Å². The van der Waals surface area contributed by atoms with Gasteiger partial charge >= 0.3 is 0 Å². The summed E-state index contributed by atoms with van der Waals surface area (Å²) in [6.45, 7) is 5.06. The molecular weight excluding hydrogens is 302 g/mol. The van der Waals surface area contributed by atoms with Crippen LogP contribution in [0.1, 0.15) is 21.8 Å². The van der Waals surface area contributed by atoms with Crippen LogP contribution in [0.2, 0.25) is 0 Å². The van der Waals surface area contributed by atoms with Crippen molar-refractivity contribution in [1.29, 1.82) is 0 Å². The lowest BCUT2D eigenvalue weighted by Crippen LogP contribution is -2.57. The molecule has 4 nitrogen and oxygen atoms in total. The molecule has 0 N–H and O–H groups in total. The Labute approximate surface area is 132 Å². The Balaban J connectivity index is 1.34. The first-order valence-corrected chi connectivity index (χ1v) is 8.99. The SMILES string of the molecule is O=C(c1cscn1)N1CCC2(CN(Cc3cccs3)C2)C1. The number of amides is 1. The van der Waals surface area contributed by atoms with Crippen LogP contribution < -0.4 is 0 Å². The molecule has 1 amide bonds. The summed E-state index contributed by atoms with van der Waals surface area (Å²) < 4.78 is 0.